The maximum Gasteiger partial charge on any atom is 0.269 e. The zero-order chi connectivity index (χ0) is 34.4. The van der Waals surface area contributed by atoms with Crippen molar-refractivity contribution >= 4 is 33.2 Å². The average Bonchev–Trinajstić information content (AvgIpc) is 3.01. The zero-order valence-electron chi connectivity index (χ0n) is 28.1. The van der Waals surface area contributed by atoms with Gasteiger partial charge in [0.2, 0.25) is 0 Å². The number of non-ortho nitro benzene ring substituents is 1. The van der Waals surface area contributed by atoms with E-state index in [0.29, 0.717) is 53.1 Å². The first-order valence-corrected chi connectivity index (χ1v) is 17.2. The molecule has 3 aliphatic rings. The molecule has 48 heavy (non-hydrogen) atoms. The van der Waals surface area contributed by atoms with Crippen LogP contribution in [-0.4, -0.2) is 28.0 Å². The summed E-state index contributed by atoms with van der Waals surface area (Å²) in [7, 11) is 0. The van der Waals surface area contributed by atoms with Gasteiger partial charge in [-0.15, -0.1) is 0 Å². The lowest BCUT2D eigenvalue weighted by Gasteiger charge is -2.49. The van der Waals surface area contributed by atoms with Crippen LogP contribution in [0.15, 0.2) is 93.7 Å². The molecule has 0 spiro atoms. The number of nitrogens with zero attached hydrogens (tertiary/aromatic N) is 2. The molecule has 1 heterocycles. The number of Topliss-reactive ketones (excluding diaryl/α,β-unsaturated/α-hetero) is 2. The summed E-state index contributed by atoms with van der Waals surface area (Å²) in [6.45, 7) is 11.6. The van der Waals surface area contributed by atoms with Gasteiger partial charge in [-0.1, -0.05) is 58.0 Å². The first kappa shape index (κ1) is 33.7. The molecule has 2 aliphatic carbocycles. The molecule has 0 aromatic heterocycles. The highest BCUT2D eigenvalue weighted by Crippen LogP contribution is 2.56. The molecule has 8 nitrogen and oxygen atoms in total. The summed E-state index contributed by atoms with van der Waals surface area (Å²) in [5, 5.41) is 11.1. The van der Waals surface area contributed by atoms with E-state index in [9.17, 15) is 19.7 Å². The molecule has 0 N–H and O–H groups in total. The van der Waals surface area contributed by atoms with Crippen molar-refractivity contribution in [3.63, 3.8) is 0 Å². The van der Waals surface area contributed by atoms with E-state index in [1.807, 2.05) is 37.3 Å². The average molecular weight is 714 g/mol. The van der Waals surface area contributed by atoms with E-state index in [-0.39, 0.29) is 34.7 Å². The molecule has 0 fully saturated rings. The van der Waals surface area contributed by atoms with Crippen molar-refractivity contribution < 1.29 is 24.0 Å². The predicted molar refractivity (Wildman–Crippen MR) is 188 cm³/mol. The van der Waals surface area contributed by atoms with Crippen molar-refractivity contribution in [2.24, 2.45) is 10.8 Å². The fourth-order valence-corrected chi connectivity index (χ4v) is 7.94. The molecule has 6 rings (SSSR count). The number of carbonyl (C=O) groups is 2. The second-order valence-corrected chi connectivity index (χ2v) is 15.4. The van der Waals surface area contributed by atoms with E-state index in [2.05, 4.69) is 60.7 Å². The molecule has 3 aromatic carbocycles. The SMILES string of the molecule is CCOc1cc(C2C3=C(CC(C)(C)CC3=O)N(Cc3ccccc3)C3=C2C(=O)CC(C)(C)C3)cc(Br)c1OCc1ccc([N+](=O)[O-])cc1. The number of allylic oxidation sites excluding steroid dienone is 4. The van der Waals surface area contributed by atoms with E-state index in [4.69, 9.17) is 9.47 Å². The first-order valence-electron chi connectivity index (χ1n) is 16.4. The fourth-order valence-electron chi connectivity index (χ4n) is 7.36. The second kappa shape index (κ2) is 13.0. The van der Waals surface area contributed by atoms with Crippen LogP contribution in [0.2, 0.25) is 0 Å². The Morgan fingerprint density at radius 3 is 1.96 bits per heavy atom. The molecule has 0 saturated carbocycles. The summed E-state index contributed by atoms with van der Waals surface area (Å²) in [6, 6.07) is 20.3. The number of halogens is 1. The monoisotopic (exact) mass is 712 g/mol. The third-order valence-corrected chi connectivity index (χ3v) is 9.99. The van der Waals surface area contributed by atoms with Crippen LogP contribution >= 0.6 is 15.9 Å². The molecular formula is C39H41BrN2O6. The summed E-state index contributed by atoms with van der Waals surface area (Å²) < 4.78 is 13.0. The Morgan fingerprint density at radius 1 is 0.833 bits per heavy atom. The van der Waals surface area contributed by atoms with Gasteiger partial charge in [0.05, 0.1) is 16.0 Å². The van der Waals surface area contributed by atoms with Gasteiger partial charge in [0.1, 0.15) is 6.61 Å². The van der Waals surface area contributed by atoms with Crippen LogP contribution in [-0.2, 0) is 22.7 Å². The number of ketones is 2. The van der Waals surface area contributed by atoms with Gasteiger partial charge in [0.25, 0.3) is 5.69 Å². The lowest BCUT2D eigenvalue weighted by Crippen LogP contribution is -2.44. The minimum atomic E-state index is -0.534. The van der Waals surface area contributed by atoms with E-state index in [1.54, 1.807) is 12.1 Å². The third-order valence-electron chi connectivity index (χ3n) is 9.40. The summed E-state index contributed by atoms with van der Waals surface area (Å²) >= 11 is 3.73. The number of hydrogen-bond donors (Lipinski definition) is 0. The van der Waals surface area contributed by atoms with Crippen LogP contribution < -0.4 is 9.47 Å². The molecule has 250 valence electrons. The summed E-state index contributed by atoms with van der Waals surface area (Å²) in [4.78, 5) is 41.5. The lowest BCUT2D eigenvalue weighted by atomic mass is 9.63. The van der Waals surface area contributed by atoms with Crippen LogP contribution in [0.25, 0.3) is 0 Å². The number of hydrogen-bond acceptors (Lipinski definition) is 7. The van der Waals surface area contributed by atoms with Crippen LogP contribution in [0, 0.1) is 20.9 Å². The largest absolute Gasteiger partial charge is 0.490 e. The van der Waals surface area contributed by atoms with Gasteiger partial charge in [-0.05, 0) is 87.5 Å². The van der Waals surface area contributed by atoms with Crippen LogP contribution in [0.3, 0.4) is 0 Å². The summed E-state index contributed by atoms with van der Waals surface area (Å²) in [5.74, 6) is 0.582. The normalized spacial score (nSPS) is 18.8. The van der Waals surface area contributed by atoms with Gasteiger partial charge in [-0.3, -0.25) is 19.7 Å². The van der Waals surface area contributed by atoms with Gasteiger partial charge in [-0.25, -0.2) is 0 Å². The van der Waals surface area contributed by atoms with Gasteiger partial charge in [0.15, 0.2) is 23.1 Å². The van der Waals surface area contributed by atoms with Gasteiger partial charge in [0, 0.05) is 60.0 Å². The number of nitro groups is 1. The van der Waals surface area contributed by atoms with Crippen molar-refractivity contribution in [1.82, 2.24) is 4.90 Å². The Bertz CT molecular complexity index is 1790. The zero-order valence-corrected chi connectivity index (χ0v) is 29.7. The van der Waals surface area contributed by atoms with Crippen LogP contribution in [0.5, 0.6) is 11.5 Å². The minimum absolute atomic E-state index is 0.0118. The number of carbonyl (C=O) groups excluding carboxylic acids is 2. The predicted octanol–water partition coefficient (Wildman–Crippen LogP) is 9.22. The summed E-state index contributed by atoms with van der Waals surface area (Å²) in [5.41, 5.74) is 5.65. The van der Waals surface area contributed by atoms with Crippen molar-refractivity contribution in [2.45, 2.75) is 79.4 Å². The Kier molecular flexibility index (Phi) is 9.11. The van der Waals surface area contributed by atoms with E-state index >= 15 is 0 Å². The number of benzene rings is 3. The fraction of sp³-hybridized carbons (Fsp3) is 0.385. The highest BCUT2D eigenvalue weighted by Gasteiger charge is 2.49. The highest BCUT2D eigenvalue weighted by molar-refractivity contribution is 9.10. The second-order valence-electron chi connectivity index (χ2n) is 14.6. The molecule has 0 saturated heterocycles. The van der Waals surface area contributed by atoms with E-state index in [1.165, 1.54) is 12.1 Å². The molecule has 9 heteroatoms. The van der Waals surface area contributed by atoms with Gasteiger partial charge >= 0.3 is 0 Å². The van der Waals surface area contributed by atoms with Crippen molar-refractivity contribution in [1.29, 1.82) is 0 Å². The van der Waals surface area contributed by atoms with Crippen molar-refractivity contribution in [3.8, 4) is 11.5 Å². The van der Waals surface area contributed by atoms with Gasteiger partial charge in [-0.2, -0.15) is 0 Å². The molecule has 0 unspecified atom stereocenters. The molecule has 0 radical (unpaired) electrons. The Labute approximate surface area is 290 Å². The Balaban J connectivity index is 1.48. The molecule has 1 aliphatic heterocycles. The topological polar surface area (TPSA) is 99.0 Å². The Morgan fingerprint density at radius 2 is 1.42 bits per heavy atom. The Hall–Kier alpha value is -4.24. The van der Waals surface area contributed by atoms with Crippen molar-refractivity contribution in [2.75, 3.05) is 6.61 Å². The molecule has 0 bridgehead atoms. The molecule has 0 atom stereocenters. The maximum atomic E-state index is 14.3. The van der Waals surface area contributed by atoms with Gasteiger partial charge < -0.3 is 14.4 Å². The number of nitro benzene ring substituents is 1. The number of ether oxygens (including phenoxy) is 2. The van der Waals surface area contributed by atoms with E-state index in [0.717, 1.165) is 40.9 Å². The number of rotatable bonds is 9. The van der Waals surface area contributed by atoms with Crippen molar-refractivity contribution in [3.05, 3.63) is 121 Å². The summed E-state index contributed by atoms with van der Waals surface area (Å²) in [6.07, 6.45) is 2.25. The minimum Gasteiger partial charge on any atom is -0.490 e. The smallest absolute Gasteiger partial charge is 0.269 e. The molecular weight excluding hydrogens is 672 g/mol. The van der Waals surface area contributed by atoms with Crippen LogP contribution in [0.4, 0.5) is 5.69 Å². The lowest BCUT2D eigenvalue weighted by molar-refractivity contribution is -0.384. The van der Waals surface area contributed by atoms with E-state index < -0.39 is 10.8 Å². The first-order chi connectivity index (χ1) is 22.8. The highest BCUT2D eigenvalue weighted by atomic mass is 79.9. The van der Waals surface area contributed by atoms with Crippen LogP contribution in [0.1, 0.15) is 82.9 Å². The molecule has 3 aromatic rings. The standard InChI is InChI=1S/C39H41BrN2O6/c1-6-47-33-17-26(16-28(40)37(33)48-23-25-12-14-27(15-13-25)42(45)46)34-35-29(18-38(2,3)20-31(35)43)41(22-24-10-8-7-9-11-24)30-19-39(4,5)21-32(44)36(30)34/h7-17,34H,6,18-23H2,1-5H3. The third kappa shape index (κ3) is 6.70. The molecule has 0 amide bonds. The maximum absolute atomic E-state index is 14.3. The quantitative estimate of drug-likeness (QED) is 0.161.